The molecule has 2 heteroatoms. The Labute approximate surface area is 68.6 Å². The van der Waals surface area contributed by atoms with Crippen LogP contribution >= 0.6 is 0 Å². The van der Waals surface area contributed by atoms with Crippen LogP contribution < -0.4 is 0 Å². The number of aliphatic hydroxyl groups excluding tert-OH is 1. The molecule has 66 valence electrons. The molecule has 0 amide bonds. The van der Waals surface area contributed by atoms with E-state index in [1.54, 1.807) is 0 Å². The van der Waals surface area contributed by atoms with Gasteiger partial charge in [0.2, 0.25) is 0 Å². The minimum Gasteiger partial charge on any atom is -0.393 e. The molecular formula is C9H18O2. The van der Waals surface area contributed by atoms with E-state index in [1.165, 1.54) is 0 Å². The number of hydrogen-bond donors (Lipinski definition) is 1. The summed E-state index contributed by atoms with van der Waals surface area (Å²) in [6.07, 6.45) is 2.44. The van der Waals surface area contributed by atoms with Crippen molar-refractivity contribution in [3.63, 3.8) is 0 Å². The summed E-state index contributed by atoms with van der Waals surface area (Å²) in [5.74, 6) is 0.573. The summed E-state index contributed by atoms with van der Waals surface area (Å²) < 4.78 is 5.71. The van der Waals surface area contributed by atoms with Crippen molar-refractivity contribution in [3.8, 4) is 0 Å². The number of aliphatic hydroxyl groups is 1. The molecule has 0 radical (unpaired) electrons. The van der Waals surface area contributed by atoms with Gasteiger partial charge in [0.15, 0.2) is 0 Å². The predicted octanol–water partition coefficient (Wildman–Crippen LogP) is 1.57. The second-order valence-corrected chi connectivity index (χ2v) is 4.05. The molecule has 2 atom stereocenters. The third-order valence-corrected chi connectivity index (χ3v) is 2.47. The lowest BCUT2D eigenvalue weighted by atomic mass is 10.0. The molecule has 0 aromatic heterocycles. The first-order valence-electron chi connectivity index (χ1n) is 4.36. The van der Waals surface area contributed by atoms with Crippen LogP contribution in [0.5, 0.6) is 0 Å². The molecule has 0 aromatic rings. The maximum absolute atomic E-state index is 9.00. The molecule has 1 aliphatic rings. The maximum atomic E-state index is 9.00. The highest BCUT2D eigenvalue weighted by Gasteiger charge is 2.36. The van der Waals surface area contributed by atoms with E-state index in [2.05, 4.69) is 13.8 Å². The van der Waals surface area contributed by atoms with Gasteiger partial charge in [-0.15, -0.1) is 0 Å². The van der Waals surface area contributed by atoms with E-state index in [1.807, 2.05) is 6.92 Å². The van der Waals surface area contributed by atoms with Crippen molar-refractivity contribution in [2.45, 2.75) is 45.3 Å². The molecule has 1 aliphatic heterocycles. The molecule has 11 heavy (non-hydrogen) atoms. The van der Waals surface area contributed by atoms with Gasteiger partial charge in [0.1, 0.15) is 0 Å². The Morgan fingerprint density at radius 1 is 1.64 bits per heavy atom. The smallest absolute Gasteiger partial charge is 0.0889 e. The van der Waals surface area contributed by atoms with E-state index >= 15 is 0 Å². The van der Waals surface area contributed by atoms with Crippen LogP contribution in [0.3, 0.4) is 0 Å². The molecule has 2 nitrogen and oxygen atoms in total. The van der Waals surface area contributed by atoms with E-state index in [4.69, 9.17) is 9.84 Å². The van der Waals surface area contributed by atoms with Crippen LogP contribution in [0.2, 0.25) is 0 Å². The molecule has 0 saturated carbocycles. The van der Waals surface area contributed by atoms with Crippen LogP contribution in [0.15, 0.2) is 0 Å². The summed E-state index contributed by atoms with van der Waals surface area (Å²) in [6, 6.07) is 0. The van der Waals surface area contributed by atoms with Crippen LogP contribution in [-0.4, -0.2) is 23.4 Å². The van der Waals surface area contributed by atoms with Crippen LogP contribution in [0.4, 0.5) is 0 Å². The van der Waals surface area contributed by atoms with Gasteiger partial charge >= 0.3 is 0 Å². The first kappa shape index (κ1) is 9.01. The standard InChI is InChI=1S/C9H18O2/c1-7(2)8-4-5-9(3,6-10)11-8/h7-8,10H,4-6H2,1-3H3. The Morgan fingerprint density at radius 3 is 2.55 bits per heavy atom. The van der Waals surface area contributed by atoms with Gasteiger partial charge in [-0.05, 0) is 25.7 Å². The second-order valence-electron chi connectivity index (χ2n) is 4.05. The molecule has 1 rings (SSSR count). The fourth-order valence-corrected chi connectivity index (χ4v) is 1.52. The van der Waals surface area contributed by atoms with Crippen molar-refractivity contribution in [3.05, 3.63) is 0 Å². The van der Waals surface area contributed by atoms with Gasteiger partial charge < -0.3 is 9.84 Å². The summed E-state index contributed by atoms with van der Waals surface area (Å²) in [6.45, 7) is 6.45. The fraction of sp³-hybridized carbons (Fsp3) is 1.00. The minimum atomic E-state index is -0.255. The first-order valence-corrected chi connectivity index (χ1v) is 4.36. The summed E-state index contributed by atoms with van der Waals surface area (Å²) in [5, 5.41) is 9.00. The zero-order valence-electron chi connectivity index (χ0n) is 7.63. The van der Waals surface area contributed by atoms with E-state index in [9.17, 15) is 0 Å². The second kappa shape index (κ2) is 3.11. The summed E-state index contributed by atoms with van der Waals surface area (Å²) in [7, 11) is 0. The number of ether oxygens (including phenoxy) is 1. The number of rotatable bonds is 2. The predicted molar refractivity (Wildman–Crippen MR) is 44.4 cm³/mol. The Balaban J connectivity index is 2.46. The van der Waals surface area contributed by atoms with Crippen molar-refractivity contribution >= 4 is 0 Å². The van der Waals surface area contributed by atoms with E-state index < -0.39 is 0 Å². The highest BCUT2D eigenvalue weighted by Crippen LogP contribution is 2.32. The molecule has 0 spiro atoms. The van der Waals surface area contributed by atoms with Gasteiger partial charge in [-0.2, -0.15) is 0 Å². The molecule has 0 bridgehead atoms. The lowest BCUT2D eigenvalue weighted by molar-refractivity contribution is -0.0738. The Kier molecular flexibility index (Phi) is 2.55. The third kappa shape index (κ3) is 1.94. The zero-order valence-corrected chi connectivity index (χ0v) is 7.63. The summed E-state index contributed by atoms with van der Waals surface area (Å²) >= 11 is 0. The minimum absolute atomic E-state index is 0.149. The first-order chi connectivity index (χ1) is 5.07. The average Bonchev–Trinajstić information content (AvgIpc) is 2.33. The highest BCUT2D eigenvalue weighted by atomic mass is 16.5. The van der Waals surface area contributed by atoms with Crippen LogP contribution in [0.25, 0.3) is 0 Å². The van der Waals surface area contributed by atoms with Crippen molar-refractivity contribution in [1.29, 1.82) is 0 Å². The van der Waals surface area contributed by atoms with Gasteiger partial charge in [-0.3, -0.25) is 0 Å². The van der Waals surface area contributed by atoms with Gasteiger partial charge in [0.25, 0.3) is 0 Å². The lowest BCUT2D eigenvalue weighted by Crippen LogP contribution is -2.30. The molecule has 0 aromatic carbocycles. The lowest BCUT2D eigenvalue weighted by Gasteiger charge is -2.23. The quantitative estimate of drug-likeness (QED) is 0.661. The monoisotopic (exact) mass is 158 g/mol. The topological polar surface area (TPSA) is 29.5 Å². The maximum Gasteiger partial charge on any atom is 0.0889 e. The highest BCUT2D eigenvalue weighted by molar-refractivity contribution is 4.85. The van der Waals surface area contributed by atoms with Crippen molar-refractivity contribution in [2.75, 3.05) is 6.61 Å². The number of hydrogen-bond acceptors (Lipinski definition) is 2. The zero-order chi connectivity index (χ0) is 8.48. The largest absolute Gasteiger partial charge is 0.393 e. The molecule has 1 N–H and O–H groups in total. The van der Waals surface area contributed by atoms with E-state index in [0.29, 0.717) is 12.0 Å². The van der Waals surface area contributed by atoms with Gasteiger partial charge in [0, 0.05) is 0 Å². The molecule has 1 saturated heterocycles. The van der Waals surface area contributed by atoms with Crippen LogP contribution in [0.1, 0.15) is 33.6 Å². The third-order valence-electron chi connectivity index (χ3n) is 2.47. The molecular weight excluding hydrogens is 140 g/mol. The Hall–Kier alpha value is -0.0800. The van der Waals surface area contributed by atoms with E-state index in [0.717, 1.165) is 12.8 Å². The average molecular weight is 158 g/mol. The van der Waals surface area contributed by atoms with Crippen LogP contribution in [-0.2, 0) is 4.74 Å². The molecule has 1 heterocycles. The van der Waals surface area contributed by atoms with Crippen molar-refractivity contribution in [2.24, 2.45) is 5.92 Å². The van der Waals surface area contributed by atoms with Gasteiger partial charge in [-0.1, -0.05) is 13.8 Å². The Bertz CT molecular complexity index is 134. The van der Waals surface area contributed by atoms with Crippen LogP contribution in [0, 0.1) is 5.92 Å². The normalized spacial score (nSPS) is 38.5. The van der Waals surface area contributed by atoms with Gasteiger partial charge in [-0.25, -0.2) is 0 Å². The summed E-state index contributed by atoms with van der Waals surface area (Å²) in [5.41, 5.74) is -0.255. The molecule has 0 aliphatic carbocycles. The van der Waals surface area contributed by atoms with Crippen molar-refractivity contribution < 1.29 is 9.84 Å². The van der Waals surface area contributed by atoms with Gasteiger partial charge in [0.05, 0.1) is 18.3 Å². The molecule has 2 unspecified atom stereocenters. The molecule has 1 fully saturated rings. The van der Waals surface area contributed by atoms with Crippen molar-refractivity contribution in [1.82, 2.24) is 0 Å². The van der Waals surface area contributed by atoms with E-state index in [-0.39, 0.29) is 12.2 Å². The fourth-order valence-electron chi connectivity index (χ4n) is 1.52. The Morgan fingerprint density at radius 2 is 2.27 bits per heavy atom. The SMILES string of the molecule is CC(C)C1CCC(C)(CO)O1. The summed E-state index contributed by atoms with van der Waals surface area (Å²) in [4.78, 5) is 0.